The number of esters is 3. The minimum atomic E-state index is -0.764. The summed E-state index contributed by atoms with van der Waals surface area (Å²) in [5.74, 6) is 0.858. The molecule has 0 radical (unpaired) electrons. The summed E-state index contributed by atoms with van der Waals surface area (Å²) in [6.45, 7) is 11.5. The van der Waals surface area contributed by atoms with Gasteiger partial charge in [0.2, 0.25) is 0 Å². The predicted molar refractivity (Wildman–Crippen MR) is 307 cm³/mol. The van der Waals surface area contributed by atoms with Crippen LogP contribution >= 0.6 is 0 Å². The van der Waals surface area contributed by atoms with Crippen LogP contribution in [0, 0.1) is 11.8 Å². The van der Waals surface area contributed by atoms with Gasteiger partial charge in [0, 0.05) is 19.3 Å². The molecule has 0 aliphatic rings. The lowest BCUT2D eigenvalue weighted by molar-refractivity contribution is -0.167. The molecule has 0 amide bonds. The van der Waals surface area contributed by atoms with Gasteiger partial charge in [-0.15, -0.1) is 0 Å². The average Bonchev–Trinajstić information content (AvgIpc) is 3.35. The monoisotopic (exact) mass is 1000 g/mol. The predicted octanol–water partition coefficient (Wildman–Crippen LogP) is 21.6. The highest BCUT2D eigenvalue weighted by molar-refractivity contribution is 5.71. The molecule has 0 aromatic carbocycles. The van der Waals surface area contributed by atoms with Crippen LogP contribution in [-0.2, 0) is 28.6 Å². The van der Waals surface area contributed by atoms with Gasteiger partial charge in [0.1, 0.15) is 13.2 Å². The Morgan fingerprint density at radius 2 is 0.465 bits per heavy atom. The van der Waals surface area contributed by atoms with E-state index in [0.717, 1.165) is 69.6 Å². The van der Waals surface area contributed by atoms with Gasteiger partial charge in [-0.1, -0.05) is 330 Å². The Morgan fingerprint density at radius 3 is 0.690 bits per heavy atom. The fraction of sp³-hybridized carbons (Fsp3) is 0.954. The summed E-state index contributed by atoms with van der Waals surface area (Å²) in [7, 11) is 0. The zero-order chi connectivity index (χ0) is 51.8. The SMILES string of the molecule is CCCCCCCCCCCCCCCCCCCCCC(=O)O[C@@H](COC(=O)CCCCCCCCCCCCCCCCCC(C)C)COC(=O)CCCCCCCCCCCCCCCC(C)C. The summed E-state index contributed by atoms with van der Waals surface area (Å²) in [6.07, 6.45) is 63.9. The molecule has 0 aliphatic heterocycles. The molecule has 0 saturated carbocycles. The van der Waals surface area contributed by atoms with Crippen LogP contribution in [0.4, 0.5) is 0 Å². The quantitative estimate of drug-likeness (QED) is 0.0343. The molecule has 0 fully saturated rings. The maximum Gasteiger partial charge on any atom is 0.306 e. The molecule has 422 valence electrons. The molecule has 0 aromatic rings. The largest absolute Gasteiger partial charge is 0.462 e. The van der Waals surface area contributed by atoms with E-state index < -0.39 is 6.10 Å². The number of hydrogen-bond acceptors (Lipinski definition) is 6. The van der Waals surface area contributed by atoms with E-state index in [1.165, 1.54) is 257 Å². The van der Waals surface area contributed by atoms with E-state index in [4.69, 9.17) is 14.2 Å². The van der Waals surface area contributed by atoms with Crippen molar-refractivity contribution < 1.29 is 28.6 Å². The van der Waals surface area contributed by atoms with E-state index >= 15 is 0 Å². The van der Waals surface area contributed by atoms with Gasteiger partial charge in [-0.3, -0.25) is 14.4 Å². The molecule has 0 rings (SSSR count). The van der Waals surface area contributed by atoms with Crippen LogP contribution in [0.3, 0.4) is 0 Å². The van der Waals surface area contributed by atoms with Crippen molar-refractivity contribution in [2.45, 2.75) is 375 Å². The highest BCUT2D eigenvalue weighted by Crippen LogP contribution is 2.19. The van der Waals surface area contributed by atoms with Crippen molar-refractivity contribution in [1.29, 1.82) is 0 Å². The highest BCUT2D eigenvalue weighted by atomic mass is 16.6. The molecule has 0 aliphatic carbocycles. The lowest BCUT2D eigenvalue weighted by Gasteiger charge is -2.18. The normalized spacial score (nSPS) is 12.0. The molecular formula is C65H126O6. The summed E-state index contributed by atoms with van der Waals surface area (Å²) >= 11 is 0. The molecule has 0 heterocycles. The standard InChI is InChI=1S/C65H126O6/c1-6-7-8-9-10-11-12-13-14-15-16-17-20-26-32-37-42-47-52-57-65(68)71-62(59-70-64(67)56-51-46-41-36-31-27-22-24-29-34-39-44-49-54-61(4)5)58-69-63(66)55-50-45-40-35-30-25-21-18-19-23-28-33-38-43-48-53-60(2)3/h60-62H,6-59H2,1-5H3/t62-/m0/s1. The second-order valence-corrected chi connectivity index (χ2v) is 23.4. The first-order valence-electron chi connectivity index (χ1n) is 32.2. The zero-order valence-electron chi connectivity index (χ0n) is 48.9. The maximum absolute atomic E-state index is 12.9. The molecule has 0 bridgehead atoms. The Labute approximate surface area is 444 Å². The van der Waals surface area contributed by atoms with Gasteiger partial charge in [-0.25, -0.2) is 0 Å². The average molecular weight is 1000 g/mol. The lowest BCUT2D eigenvalue weighted by atomic mass is 10.0. The lowest BCUT2D eigenvalue weighted by Crippen LogP contribution is -2.30. The van der Waals surface area contributed by atoms with Gasteiger partial charge in [0.25, 0.3) is 0 Å². The topological polar surface area (TPSA) is 78.9 Å². The third kappa shape index (κ3) is 59.2. The van der Waals surface area contributed by atoms with Gasteiger partial charge in [0.15, 0.2) is 6.10 Å². The Hall–Kier alpha value is -1.59. The van der Waals surface area contributed by atoms with E-state index in [-0.39, 0.29) is 31.1 Å². The Morgan fingerprint density at radius 1 is 0.268 bits per heavy atom. The molecule has 0 saturated heterocycles. The molecule has 0 unspecified atom stereocenters. The van der Waals surface area contributed by atoms with E-state index in [0.29, 0.717) is 19.3 Å². The fourth-order valence-corrected chi connectivity index (χ4v) is 10.1. The molecule has 0 aromatic heterocycles. The van der Waals surface area contributed by atoms with Crippen molar-refractivity contribution in [3.63, 3.8) is 0 Å². The van der Waals surface area contributed by atoms with Gasteiger partial charge in [-0.05, 0) is 31.1 Å². The van der Waals surface area contributed by atoms with Crippen LogP contribution in [0.1, 0.15) is 369 Å². The van der Waals surface area contributed by atoms with Crippen molar-refractivity contribution in [2.24, 2.45) is 11.8 Å². The first kappa shape index (κ1) is 69.4. The van der Waals surface area contributed by atoms with E-state index in [2.05, 4.69) is 34.6 Å². The smallest absolute Gasteiger partial charge is 0.306 e. The molecular weight excluding hydrogens is 877 g/mol. The minimum Gasteiger partial charge on any atom is -0.462 e. The number of ether oxygens (including phenoxy) is 3. The second kappa shape index (κ2) is 57.7. The van der Waals surface area contributed by atoms with E-state index in [1.807, 2.05) is 0 Å². The molecule has 71 heavy (non-hydrogen) atoms. The van der Waals surface area contributed by atoms with E-state index in [1.54, 1.807) is 0 Å². The van der Waals surface area contributed by atoms with Crippen LogP contribution < -0.4 is 0 Å². The number of carbonyl (C=O) groups is 3. The molecule has 0 N–H and O–H groups in total. The Bertz CT molecular complexity index is 1090. The first-order chi connectivity index (χ1) is 34.7. The minimum absolute atomic E-state index is 0.0619. The fourth-order valence-electron chi connectivity index (χ4n) is 10.1. The third-order valence-corrected chi connectivity index (χ3v) is 15.0. The Balaban J connectivity index is 4.29. The van der Waals surface area contributed by atoms with Crippen LogP contribution in [0.5, 0.6) is 0 Å². The molecule has 6 heteroatoms. The van der Waals surface area contributed by atoms with E-state index in [9.17, 15) is 14.4 Å². The molecule has 6 nitrogen and oxygen atoms in total. The van der Waals surface area contributed by atoms with Crippen molar-refractivity contribution in [3.05, 3.63) is 0 Å². The zero-order valence-corrected chi connectivity index (χ0v) is 48.9. The van der Waals surface area contributed by atoms with Gasteiger partial charge in [0.05, 0.1) is 0 Å². The summed E-state index contributed by atoms with van der Waals surface area (Å²) < 4.78 is 17.0. The van der Waals surface area contributed by atoms with Gasteiger partial charge >= 0.3 is 17.9 Å². The van der Waals surface area contributed by atoms with Crippen LogP contribution in [0.25, 0.3) is 0 Å². The first-order valence-corrected chi connectivity index (χ1v) is 32.2. The summed E-state index contributed by atoms with van der Waals surface area (Å²) in [4.78, 5) is 38.3. The van der Waals surface area contributed by atoms with Crippen LogP contribution in [0.15, 0.2) is 0 Å². The number of hydrogen-bond donors (Lipinski definition) is 0. The van der Waals surface area contributed by atoms with Crippen LogP contribution in [-0.4, -0.2) is 37.2 Å². The third-order valence-electron chi connectivity index (χ3n) is 15.0. The highest BCUT2D eigenvalue weighted by Gasteiger charge is 2.19. The van der Waals surface area contributed by atoms with Crippen molar-refractivity contribution in [3.8, 4) is 0 Å². The van der Waals surface area contributed by atoms with Crippen molar-refractivity contribution in [2.75, 3.05) is 13.2 Å². The molecule has 0 spiro atoms. The Kier molecular flexibility index (Phi) is 56.4. The number of unbranched alkanes of at least 4 members (excludes halogenated alkanes) is 44. The maximum atomic E-state index is 12.9. The number of rotatable bonds is 59. The van der Waals surface area contributed by atoms with Gasteiger partial charge < -0.3 is 14.2 Å². The number of carbonyl (C=O) groups excluding carboxylic acids is 3. The second-order valence-electron chi connectivity index (χ2n) is 23.4. The summed E-state index contributed by atoms with van der Waals surface area (Å²) in [5.41, 5.74) is 0. The van der Waals surface area contributed by atoms with Crippen molar-refractivity contribution >= 4 is 17.9 Å². The summed E-state index contributed by atoms with van der Waals surface area (Å²) in [6, 6.07) is 0. The van der Waals surface area contributed by atoms with Gasteiger partial charge in [-0.2, -0.15) is 0 Å². The molecule has 1 atom stereocenters. The van der Waals surface area contributed by atoms with Crippen LogP contribution in [0.2, 0.25) is 0 Å². The van der Waals surface area contributed by atoms with Crippen molar-refractivity contribution in [1.82, 2.24) is 0 Å². The summed E-state index contributed by atoms with van der Waals surface area (Å²) in [5, 5.41) is 0.